The van der Waals surface area contributed by atoms with Crippen molar-refractivity contribution >= 4 is 52.0 Å². The number of carbonyl (C=O) groups is 3. The number of morpholine rings is 1. The zero-order valence-electron chi connectivity index (χ0n) is 16.2. The Hall–Kier alpha value is -2.42. The summed E-state index contributed by atoms with van der Waals surface area (Å²) in [5.74, 6) is -0.724. The number of hydrogen-bond donors (Lipinski definition) is 2. The average molecular weight is 436 g/mol. The average Bonchev–Trinajstić information content (AvgIpc) is 3.13. The van der Waals surface area contributed by atoms with Gasteiger partial charge in [-0.2, -0.15) is 0 Å². The lowest BCUT2D eigenvalue weighted by Crippen LogP contribution is -2.43. The molecule has 1 aliphatic rings. The van der Waals surface area contributed by atoms with E-state index in [2.05, 4.69) is 10.6 Å². The van der Waals surface area contributed by atoms with Crippen LogP contribution in [0.5, 0.6) is 0 Å². The molecular formula is C20H22ClN3O4S. The summed E-state index contributed by atoms with van der Waals surface area (Å²) in [4.78, 5) is 39.1. The standard InChI is InChI=1S/C20H22ClN3O4S/c1-3-14(23-20(27)16-6-7-17(21)29-16)19(26)22-13-4-5-15(12(2)10-13)24-8-9-28-11-18(24)25/h4-7,10,14H,3,8-9,11H2,1-2H3,(H,22,26)(H,23,27)/t14-/m1/s1. The molecule has 3 rings (SSSR count). The SMILES string of the molecule is CC[C@@H](NC(=O)c1ccc(Cl)s1)C(=O)Nc1ccc(N2CCOCC2=O)c(C)c1. The van der Waals surface area contributed by atoms with Gasteiger partial charge in [0.05, 0.1) is 15.8 Å². The summed E-state index contributed by atoms with van der Waals surface area (Å²) in [5.41, 5.74) is 2.26. The van der Waals surface area contributed by atoms with Gasteiger partial charge in [0.2, 0.25) is 5.91 Å². The van der Waals surface area contributed by atoms with Crippen molar-refractivity contribution in [3.8, 4) is 0 Å². The molecule has 0 spiro atoms. The third kappa shape index (κ3) is 5.14. The first-order valence-electron chi connectivity index (χ1n) is 9.25. The first kappa shape index (κ1) is 21.3. The highest BCUT2D eigenvalue weighted by Crippen LogP contribution is 2.25. The lowest BCUT2D eigenvalue weighted by atomic mass is 10.1. The van der Waals surface area contributed by atoms with Gasteiger partial charge < -0.3 is 20.3 Å². The van der Waals surface area contributed by atoms with Gasteiger partial charge in [-0.1, -0.05) is 18.5 Å². The van der Waals surface area contributed by atoms with Gasteiger partial charge in [0.1, 0.15) is 12.6 Å². The molecule has 1 fully saturated rings. The van der Waals surface area contributed by atoms with E-state index in [0.717, 1.165) is 22.6 Å². The molecule has 1 aromatic carbocycles. The smallest absolute Gasteiger partial charge is 0.262 e. The largest absolute Gasteiger partial charge is 0.370 e. The summed E-state index contributed by atoms with van der Waals surface area (Å²) in [5, 5.41) is 5.57. The van der Waals surface area contributed by atoms with Crippen LogP contribution in [0, 0.1) is 6.92 Å². The maximum Gasteiger partial charge on any atom is 0.262 e. The summed E-state index contributed by atoms with van der Waals surface area (Å²) in [7, 11) is 0. The van der Waals surface area contributed by atoms with Gasteiger partial charge in [0.25, 0.3) is 11.8 Å². The predicted molar refractivity (Wildman–Crippen MR) is 114 cm³/mol. The Labute approximate surface area is 178 Å². The van der Waals surface area contributed by atoms with Gasteiger partial charge in [0, 0.05) is 17.9 Å². The molecule has 0 radical (unpaired) electrons. The Morgan fingerprint density at radius 1 is 1.31 bits per heavy atom. The third-order valence-electron chi connectivity index (χ3n) is 4.57. The third-order valence-corrected chi connectivity index (χ3v) is 5.80. The van der Waals surface area contributed by atoms with E-state index in [1.54, 1.807) is 29.2 Å². The number of aryl methyl sites for hydroxylation is 1. The van der Waals surface area contributed by atoms with Gasteiger partial charge in [-0.3, -0.25) is 14.4 Å². The van der Waals surface area contributed by atoms with Crippen LogP contribution in [0.2, 0.25) is 4.34 Å². The van der Waals surface area contributed by atoms with Crippen LogP contribution in [0.15, 0.2) is 30.3 Å². The van der Waals surface area contributed by atoms with Gasteiger partial charge in [0.15, 0.2) is 0 Å². The number of rotatable bonds is 6. The van der Waals surface area contributed by atoms with Crippen molar-refractivity contribution in [1.29, 1.82) is 0 Å². The molecule has 1 aliphatic heterocycles. The fourth-order valence-corrected chi connectivity index (χ4v) is 4.00. The minimum atomic E-state index is -0.677. The lowest BCUT2D eigenvalue weighted by molar-refractivity contribution is -0.125. The normalized spacial score (nSPS) is 15.1. The number of halogens is 1. The number of ether oxygens (including phenoxy) is 1. The summed E-state index contributed by atoms with van der Waals surface area (Å²) < 4.78 is 5.68. The Kier molecular flexibility index (Phi) is 6.89. The van der Waals surface area contributed by atoms with Crippen molar-refractivity contribution in [2.75, 3.05) is 30.0 Å². The first-order valence-corrected chi connectivity index (χ1v) is 10.4. The molecular weight excluding hydrogens is 414 g/mol. The number of hydrogen-bond acceptors (Lipinski definition) is 5. The van der Waals surface area contributed by atoms with Gasteiger partial charge in [-0.15, -0.1) is 11.3 Å². The monoisotopic (exact) mass is 435 g/mol. The fourth-order valence-electron chi connectivity index (χ4n) is 3.06. The fraction of sp³-hybridized carbons (Fsp3) is 0.350. The minimum absolute atomic E-state index is 0.0747. The van der Waals surface area contributed by atoms with Crippen molar-refractivity contribution in [3.63, 3.8) is 0 Å². The molecule has 0 bridgehead atoms. The van der Waals surface area contributed by atoms with Crippen LogP contribution in [-0.2, 0) is 14.3 Å². The van der Waals surface area contributed by atoms with E-state index in [-0.39, 0.29) is 24.3 Å². The minimum Gasteiger partial charge on any atom is -0.370 e. The highest BCUT2D eigenvalue weighted by Gasteiger charge is 2.23. The first-order chi connectivity index (χ1) is 13.9. The highest BCUT2D eigenvalue weighted by atomic mass is 35.5. The zero-order valence-corrected chi connectivity index (χ0v) is 17.7. The number of nitrogens with zero attached hydrogens (tertiary/aromatic N) is 1. The highest BCUT2D eigenvalue weighted by molar-refractivity contribution is 7.18. The van der Waals surface area contributed by atoms with Gasteiger partial charge in [-0.05, 0) is 49.2 Å². The number of benzene rings is 1. The number of amides is 3. The van der Waals surface area contributed by atoms with Crippen molar-refractivity contribution in [3.05, 3.63) is 45.1 Å². The number of anilines is 2. The molecule has 7 nitrogen and oxygen atoms in total. The molecule has 2 N–H and O–H groups in total. The van der Waals surface area contributed by atoms with Crippen molar-refractivity contribution in [2.45, 2.75) is 26.3 Å². The molecule has 1 saturated heterocycles. The van der Waals surface area contributed by atoms with E-state index in [1.165, 1.54) is 0 Å². The van der Waals surface area contributed by atoms with E-state index in [1.807, 2.05) is 19.9 Å². The Balaban J connectivity index is 1.66. The molecule has 1 atom stereocenters. The van der Waals surface area contributed by atoms with Crippen molar-refractivity contribution < 1.29 is 19.1 Å². The summed E-state index contributed by atoms with van der Waals surface area (Å²) >= 11 is 7.03. The Bertz CT molecular complexity index is 930. The number of carbonyl (C=O) groups excluding carboxylic acids is 3. The second-order valence-corrected chi connectivity index (χ2v) is 8.34. The van der Waals surface area contributed by atoms with E-state index in [0.29, 0.717) is 34.5 Å². The van der Waals surface area contributed by atoms with E-state index in [4.69, 9.17) is 16.3 Å². The molecule has 2 heterocycles. The lowest BCUT2D eigenvalue weighted by Gasteiger charge is -2.28. The maximum absolute atomic E-state index is 12.6. The topological polar surface area (TPSA) is 87.7 Å². The van der Waals surface area contributed by atoms with Gasteiger partial charge >= 0.3 is 0 Å². The van der Waals surface area contributed by atoms with E-state index < -0.39 is 6.04 Å². The van der Waals surface area contributed by atoms with Crippen LogP contribution in [0.3, 0.4) is 0 Å². The van der Waals surface area contributed by atoms with Crippen LogP contribution in [0.1, 0.15) is 28.6 Å². The van der Waals surface area contributed by atoms with Crippen LogP contribution >= 0.6 is 22.9 Å². The predicted octanol–water partition coefficient (Wildman–Crippen LogP) is 3.22. The van der Waals surface area contributed by atoms with Crippen LogP contribution in [-0.4, -0.2) is 43.5 Å². The maximum atomic E-state index is 12.6. The van der Waals surface area contributed by atoms with Crippen LogP contribution < -0.4 is 15.5 Å². The quantitative estimate of drug-likeness (QED) is 0.729. The molecule has 29 heavy (non-hydrogen) atoms. The summed E-state index contributed by atoms with van der Waals surface area (Å²) in [6, 6.07) is 7.96. The Morgan fingerprint density at radius 2 is 2.10 bits per heavy atom. The molecule has 0 saturated carbocycles. The van der Waals surface area contributed by atoms with Crippen molar-refractivity contribution in [2.24, 2.45) is 0 Å². The Morgan fingerprint density at radius 3 is 2.72 bits per heavy atom. The van der Waals surface area contributed by atoms with Crippen molar-refractivity contribution in [1.82, 2.24) is 5.32 Å². The van der Waals surface area contributed by atoms with Gasteiger partial charge in [-0.25, -0.2) is 0 Å². The number of thiophene rings is 1. The molecule has 154 valence electrons. The second-order valence-electron chi connectivity index (χ2n) is 6.63. The zero-order chi connectivity index (χ0) is 21.0. The molecule has 3 amide bonds. The van der Waals surface area contributed by atoms with E-state index in [9.17, 15) is 14.4 Å². The molecule has 2 aromatic rings. The van der Waals surface area contributed by atoms with E-state index >= 15 is 0 Å². The van der Waals surface area contributed by atoms with Crippen LogP contribution in [0.4, 0.5) is 11.4 Å². The van der Waals surface area contributed by atoms with Crippen LogP contribution in [0.25, 0.3) is 0 Å². The second kappa shape index (κ2) is 9.39. The summed E-state index contributed by atoms with van der Waals surface area (Å²) in [6.07, 6.45) is 0.441. The molecule has 1 aromatic heterocycles. The molecule has 9 heteroatoms. The number of nitrogens with one attached hydrogen (secondary N) is 2. The summed E-state index contributed by atoms with van der Waals surface area (Å²) in [6.45, 7) is 4.78. The molecule has 0 unspecified atom stereocenters. The molecule has 0 aliphatic carbocycles.